The highest BCUT2D eigenvalue weighted by Gasteiger charge is 2.18. The first kappa shape index (κ1) is 14.6. The number of carboxylic acids is 1. The summed E-state index contributed by atoms with van der Waals surface area (Å²) in [5.74, 6) is -0.946. The van der Waals surface area contributed by atoms with Crippen LogP contribution in [-0.2, 0) is 21.2 Å². The van der Waals surface area contributed by atoms with E-state index < -0.39 is 16.0 Å². The highest BCUT2D eigenvalue weighted by Crippen LogP contribution is 2.21. The predicted molar refractivity (Wildman–Crippen MR) is 75.0 cm³/mol. The average Bonchev–Trinajstić information content (AvgIpc) is 2.78. The van der Waals surface area contributed by atoms with Crippen molar-refractivity contribution in [2.75, 3.05) is 4.72 Å². The Bertz CT molecular complexity index is 721. The number of sulfonamides is 1. The average molecular weight is 360 g/mol. The van der Waals surface area contributed by atoms with Gasteiger partial charge < -0.3 is 9.52 Å². The molecule has 0 atom stereocenters. The number of nitrogens with one attached hydrogen (secondary N) is 1. The van der Waals surface area contributed by atoms with E-state index in [2.05, 4.69) is 20.7 Å². The van der Waals surface area contributed by atoms with Crippen molar-refractivity contribution in [2.24, 2.45) is 0 Å². The molecule has 0 spiro atoms. The fourth-order valence-corrected chi connectivity index (χ4v) is 2.92. The van der Waals surface area contributed by atoms with E-state index in [0.29, 0.717) is 15.9 Å². The molecule has 1 aromatic heterocycles. The van der Waals surface area contributed by atoms with Crippen LogP contribution in [-0.4, -0.2) is 19.5 Å². The molecule has 6 nitrogen and oxygen atoms in total. The number of anilines is 1. The Hall–Kier alpha value is -1.80. The zero-order chi connectivity index (χ0) is 14.8. The smallest absolute Gasteiger partial charge is 0.307 e. The zero-order valence-corrected chi connectivity index (χ0v) is 12.4. The second-order valence-corrected chi connectivity index (χ2v) is 6.33. The number of carbonyl (C=O) groups is 1. The zero-order valence-electron chi connectivity index (χ0n) is 10.0. The summed E-state index contributed by atoms with van der Waals surface area (Å²) in [6.45, 7) is 0. The van der Waals surface area contributed by atoms with Crippen molar-refractivity contribution in [2.45, 2.75) is 11.5 Å². The van der Waals surface area contributed by atoms with Crippen LogP contribution in [0.1, 0.15) is 5.56 Å². The first-order chi connectivity index (χ1) is 9.37. The lowest BCUT2D eigenvalue weighted by Gasteiger charge is -2.06. The molecule has 0 fully saturated rings. The molecule has 0 amide bonds. The largest absolute Gasteiger partial charge is 0.481 e. The molecule has 0 saturated carbocycles. The Morgan fingerprint density at radius 2 is 1.85 bits per heavy atom. The van der Waals surface area contributed by atoms with Gasteiger partial charge in [0.25, 0.3) is 10.0 Å². The minimum atomic E-state index is -3.79. The summed E-state index contributed by atoms with van der Waals surface area (Å²) >= 11 is 3.03. The quantitative estimate of drug-likeness (QED) is 0.854. The molecule has 0 bridgehead atoms. The molecule has 0 saturated heterocycles. The first-order valence-electron chi connectivity index (χ1n) is 5.46. The van der Waals surface area contributed by atoms with E-state index in [-0.39, 0.29) is 11.5 Å². The Morgan fingerprint density at radius 3 is 2.35 bits per heavy atom. The highest BCUT2D eigenvalue weighted by molar-refractivity contribution is 9.10. The lowest BCUT2D eigenvalue weighted by Crippen LogP contribution is -2.12. The van der Waals surface area contributed by atoms with Crippen LogP contribution >= 0.6 is 15.9 Å². The molecule has 2 rings (SSSR count). The predicted octanol–water partition coefficient (Wildman–Crippen LogP) is 2.47. The minimum Gasteiger partial charge on any atom is -0.481 e. The third-order valence-corrected chi connectivity index (χ3v) is 4.05. The van der Waals surface area contributed by atoms with Gasteiger partial charge in [-0.1, -0.05) is 12.1 Å². The van der Waals surface area contributed by atoms with Crippen LogP contribution in [0.2, 0.25) is 0 Å². The van der Waals surface area contributed by atoms with Crippen LogP contribution in [0.4, 0.5) is 5.69 Å². The Labute approximate surface area is 123 Å². The van der Waals surface area contributed by atoms with E-state index in [1.54, 1.807) is 12.1 Å². The summed E-state index contributed by atoms with van der Waals surface area (Å²) in [6, 6.07) is 8.88. The fraction of sp³-hybridized carbons (Fsp3) is 0.0833. The number of hydrogen-bond acceptors (Lipinski definition) is 4. The van der Waals surface area contributed by atoms with Crippen LogP contribution in [0, 0.1) is 0 Å². The molecular weight excluding hydrogens is 350 g/mol. The molecule has 0 aliphatic rings. The number of rotatable bonds is 5. The molecule has 2 aromatic rings. The monoisotopic (exact) mass is 359 g/mol. The van der Waals surface area contributed by atoms with E-state index in [1.807, 2.05) is 0 Å². The standard InChI is InChI=1S/C12H10BrNO5S/c13-10-5-6-12(19-10)20(17,18)14-9-3-1-8(2-4-9)7-11(15)16/h1-6,14H,7H2,(H,15,16). The number of halogens is 1. The Balaban J connectivity index is 2.15. The maximum Gasteiger partial charge on any atom is 0.307 e. The second kappa shape index (κ2) is 5.68. The summed E-state index contributed by atoms with van der Waals surface area (Å²) in [5, 5.41) is 8.44. The van der Waals surface area contributed by atoms with E-state index in [4.69, 9.17) is 9.52 Å². The molecule has 1 heterocycles. The van der Waals surface area contributed by atoms with Gasteiger partial charge in [-0.15, -0.1) is 0 Å². The van der Waals surface area contributed by atoms with Gasteiger partial charge in [-0.2, -0.15) is 8.42 Å². The van der Waals surface area contributed by atoms with Crippen molar-refractivity contribution in [3.8, 4) is 0 Å². The van der Waals surface area contributed by atoms with Gasteiger partial charge in [0.05, 0.1) is 6.42 Å². The van der Waals surface area contributed by atoms with E-state index in [1.165, 1.54) is 24.3 Å². The Kier molecular flexibility index (Phi) is 4.15. The molecule has 8 heteroatoms. The van der Waals surface area contributed by atoms with Gasteiger partial charge in [-0.3, -0.25) is 9.52 Å². The molecule has 1 aromatic carbocycles. The Morgan fingerprint density at radius 1 is 1.20 bits per heavy atom. The van der Waals surface area contributed by atoms with Gasteiger partial charge in [0, 0.05) is 5.69 Å². The highest BCUT2D eigenvalue weighted by atomic mass is 79.9. The van der Waals surface area contributed by atoms with Crippen LogP contribution in [0.5, 0.6) is 0 Å². The third kappa shape index (κ3) is 3.61. The number of carboxylic acid groups (broad SMARTS) is 1. The van der Waals surface area contributed by atoms with Crippen LogP contribution in [0.25, 0.3) is 0 Å². The number of furan rings is 1. The normalized spacial score (nSPS) is 11.2. The molecular formula is C12H10BrNO5S. The van der Waals surface area contributed by atoms with Crippen molar-refractivity contribution in [3.63, 3.8) is 0 Å². The number of hydrogen-bond donors (Lipinski definition) is 2. The molecule has 2 N–H and O–H groups in total. The van der Waals surface area contributed by atoms with Crippen molar-refractivity contribution in [3.05, 3.63) is 46.6 Å². The van der Waals surface area contributed by atoms with Crippen LogP contribution in [0.3, 0.4) is 0 Å². The van der Waals surface area contributed by atoms with E-state index >= 15 is 0 Å². The topological polar surface area (TPSA) is 96.6 Å². The molecule has 20 heavy (non-hydrogen) atoms. The fourth-order valence-electron chi connectivity index (χ4n) is 1.51. The molecule has 0 aliphatic heterocycles. The first-order valence-corrected chi connectivity index (χ1v) is 7.73. The number of benzene rings is 1. The maximum absolute atomic E-state index is 12.0. The van der Waals surface area contributed by atoms with Gasteiger partial charge in [-0.25, -0.2) is 0 Å². The summed E-state index contributed by atoms with van der Waals surface area (Å²) in [7, 11) is -3.79. The SMILES string of the molecule is O=C(O)Cc1ccc(NS(=O)(=O)c2ccc(Br)o2)cc1. The van der Waals surface area contributed by atoms with Gasteiger partial charge in [0.15, 0.2) is 4.67 Å². The van der Waals surface area contributed by atoms with Gasteiger partial charge in [0.2, 0.25) is 5.09 Å². The van der Waals surface area contributed by atoms with Crippen molar-refractivity contribution in [1.82, 2.24) is 0 Å². The number of aliphatic carboxylic acids is 1. The second-order valence-electron chi connectivity index (χ2n) is 3.93. The summed E-state index contributed by atoms with van der Waals surface area (Å²) in [6.07, 6.45) is -0.113. The van der Waals surface area contributed by atoms with Crippen LogP contribution in [0.15, 0.2) is 50.6 Å². The van der Waals surface area contributed by atoms with Crippen molar-refractivity contribution in [1.29, 1.82) is 0 Å². The summed E-state index contributed by atoms with van der Waals surface area (Å²) in [5.41, 5.74) is 0.910. The van der Waals surface area contributed by atoms with Crippen molar-refractivity contribution >= 4 is 37.6 Å². The van der Waals surface area contributed by atoms with E-state index in [9.17, 15) is 13.2 Å². The molecule has 0 radical (unpaired) electrons. The van der Waals surface area contributed by atoms with Crippen molar-refractivity contribution < 1.29 is 22.7 Å². The molecule has 0 aliphatic carbocycles. The lowest BCUT2D eigenvalue weighted by molar-refractivity contribution is -0.136. The molecule has 0 unspecified atom stereocenters. The van der Waals surface area contributed by atoms with Gasteiger partial charge in [-0.05, 0) is 45.8 Å². The van der Waals surface area contributed by atoms with Crippen LogP contribution < -0.4 is 4.72 Å². The lowest BCUT2D eigenvalue weighted by atomic mass is 10.1. The van der Waals surface area contributed by atoms with Gasteiger partial charge >= 0.3 is 5.97 Å². The summed E-state index contributed by atoms with van der Waals surface area (Å²) in [4.78, 5) is 10.5. The van der Waals surface area contributed by atoms with Gasteiger partial charge in [0.1, 0.15) is 0 Å². The van der Waals surface area contributed by atoms with E-state index in [0.717, 1.165) is 0 Å². The third-order valence-electron chi connectivity index (χ3n) is 2.37. The summed E-state index contributed by atoms with van der Waals surface area (Å²) < 4.78 is 31.6. The molecule has 106 valence electrons. The minimum absolute atomic E-state index is 0.113. The maximum atomic E-state index is 12.0.